The van der Waals surface area contributed by atoms with Crippen molar-refractivity contribution in [1.29, 1.82) is 0 Å². The first-order valence-electron chi connectivity index (χ1n) is 18.7. The van der Waals surface area contributed by atoms with E-state index in [1.54, 1.807) is 0 Å². The van der Waals surface area contributed by atoms with Gasteiger partial charge in [-0.25, -0.2) is 8.78 Å². The maximum Gasteiger partial charge on any atom is 0.123 e. The van der Waals surface area contributed by atoms with E-state index >= 15 is 0 Å². The number of nitrogens with zero attached hydrogens (tertiary/aromatic N) is 2. The van der Waals surface area contributed by atoms with Crippen LogP contribution < -0.4 is 9.80 Å². The van der Waals surface area contributed by atoms with E-state index in [9.17, 15) is 8.78 Å². The van der Waals surface area contributed by atoms with Gasteiger partial charge in [0.1, 0.15) is 11.6 Å². The highest BCUT2D eigenvalue weighted by Gasteiger charge is 2.47. The number of hydrogen-bond donors (Lipinski definition) is 0. The number of para-hydroxylation sites is 2. The molecule has 9 rings (SSSR count). The van der Waals surface area contributed by atoms with Gasteiger partial charge >= 0.3 is 0 Å². The van der Waals surface area contributed by atoms with E-state index in [1.165, 1.54) is 79.9 Å². The van der Waals surface area contributed by atoms with Crippen molar-refractivity contribution in [2.75, 3.05) is 9.80 Å². The van der Waals surface area contributed by atoms with E-state index in [0.717, 1.165) is 34.1 Å². The summed E-state index contributed by atoms with van der Waals surface area (Å²) in [6.07, 6.45) is 0. The van der Waals surface area contributed by atoms with Gasteiger partial charge in [0.25, 0.3) is 0 Å². The van der Waals surface area contributed by atoms with Crippen LogP contribution in [-0.4, -0.2) is 0 Å². The first kappa shape index (κ1) is 33.8. The molecule has 0 aliphatic heterocycles. The van der Waals surface area contributed by atoms with E-state index < -0.39 is 0 Å². The summed E-state index contributed by atoms with van der Waals surface area (Å²) in [5.74, 6) is -0.507. The molecule has 266 valence electrons. The van der Waals surface area contributed by atoms with Crippen LogP contribution in [0.4, 0.5) is 42.9 Å². The van der Waals surface area contributed by atoms with E-state index in [1.807, 2.05) is 60.7 Å². The largest absolute Gasteiger partial charge is 0.310 e. The maximum absolute atomic E-state index is 14.1. The molecular formula is C50H42F2N2. The monoisotopic (exact) mass is 708 g/mol. The molecular weight excluding hydrogens is 667 g/mol. The molecule has 7 aromatic rings. The highest BCUT2D eigenvalue weighted by molar-refractivity contribution is 5.96. The van der Waals surface area contributed by atoms with Crippen LogP contribution in [0.25, 0.3) is 22.3 Å². The molecule has 0 amide bonds. The predicted molar refractivity (Wildman–Crippen MR) is 220 cm³/mol. The van der Waals surface area contributed by atoms with Gasteiger partial charge in [-0.1, -0.05) is 76.2 Å². The van der Waals surface area contributed by atoms with Gasteiger partial charge in [0.15, 0.2) is 0 Å². The molecule has 4 heteroatoms. The third-order valence-corrected chi connectivity index (χ3v) is 11.9. The van der Waals surface area contributed by atoms with Crippen molar-refractivity contribution in [3.05, 3.63) is 191 Å². The summed E-state index contributed by atoms with van der Waals surface area (Å²) < 4.78 is 28.3. The van der Waals surface area contributed by atoms with Gasteiger partial charge in [-0.3, -0.25) is 0 Å². The van der Waals surface area contributed by atoms with Gasteiger partial charge in [-0.15, -0.1) is 0 Å². The summed E-state index contributed by atoms with van der Waals surface area (Å²) in [7, 11) is 0. The standard InChI is InChI=1S/C50H42F2N2/c1-31-32(2)46-42-28-26-40(54(36-15-11-8-12-16-36)38-23-19-34(52)20-24-38)30-44(42)50(5,6)48(46)47-45(31)41-27-25-39(29-43(41)49(47,3)4)53(35-13-9-7-10-14-35)37-21-17-33(51)18-22-37/h7-30H,1-6H3. The molecule has 0 fully saturated rings. The minimum Gasteiger partial charge on any atom is -0.310 e. The zero-order chi connectivity index (χ0) is 37.5. The Morgan fingerprint density at radius 2 is 0.704 bits per heavy atom. The van der Waals surface area contributed by atoms with Crippen LogP contribution >= 0.6 is 0 Å². The molecule has 2 aliphatic carbocycles. The first-order chi connectivity index (χ1) is 26.0. The first-order valence-corrected chi connectivity index (χ1v) is 18.7. The van der Waals surface area contributed by atoms with Gasteiger partial charge in [0.05, 0.1) is 0 Å². The second-order valence-electron chi connectivity index (χ2n) is 15.8. The lowest BCUT2D eigenvalue weighted by Gasteiger charge is -2.33. The topological polar surface area (TPSA) is 6.48 Å². The summed E-state index contributed by atoms with van der Waals surface area (Å²) >= 11 is 0. The van der Waals surface area contributed by atoms with E-state index in [2.05, 4.69) is 112 Å². The van der Waals surface area contributed by atoms with Gasteiger partial charge in [-0.2, -0.15) is 0 Å². The van der Waals surface area contributed by atoms with Gasteiger partial charge in [-0.05, 0) is 167 Å². The smallest absolute Gasteiger partial charge is 0.123 e. The molecule has 7 aromatic carbocycles. The van der Waals surface area contributed by atoms with Crippen LogP contribution in [0.5, 0.6) is 0 Å². The number of hydrogen-bond acceptors (Lipinski definition) is 2. The second-order valence-corrected chi connectivity index (χ2v) is 15.8. The lowest BCUT2D eigenvalue weighted by molar-refractivity contribution is 0.600. The molecule has 0 bridgehead atoms. The minimum atomic E-state index is -0.305. The van der Waals surface area contributed by atoms with E-state index in [0.29, 0.717) is 0 Å². The Morgan fingerprint density at radius 3 is 1.06 bits per heavy atom. The van der Waals surface area contributed by atoms with Crippen molar-refractivity contribution in [3.8, 4) is 22.3 Å². The van der Waals surface area contributed by atoms with Gasteiger partial charge < -0.3 is 9.80 Å². The average Bonchev–Trinajstić information content (AvgIpc) is 3.55. The zero-order valence-electron chi connectivity index (χ0n) is 31.5. The van der Waals surface area contributed by atoms with Gasteiger partial charge in [0.2, 0.25) is 0 Å². The maximum atomic E-state index is 14.1. The Balaban J connectivity index is 1.20. The zero-order valence-corrected chi connectivity index (χ0v) is 31.5. The van der Waals surface area contributed by atoms with E-state index in [-0.39, 0.29) is 22.5 Å². The van der Waals surface area contributed by atoms with Crippen molar-refractivity contribution in [1.82, 2.24) is 0 Å². The molecule has 0 unspecified atom stereocenters. The number of benzene rings is 7. The Labute approximate surface area is 317 Å². The van der Waals surface area contributed by atoms with Crippen LogP contribution in [0.2, 0.25) is 0 Å². The highest BCUT2D eigenvalue weighted by atomic mass is 19.1. The molecule has 2 aliphatic rings. The Kier molecular flexibility index (Phi) is 7.69. The van der Waals surface area contributed by atoms with Crippen LogP contribution in [0.15, 0.2) is 146 Å². The number of halogens is 2. The molecule has 0 spiro atoms. The number of fused-ring (bicyclic) bond motifs is 7. The van der Waals surface area contributed by atoms with Crippen molar-refractivity contribution in [3.63, 3.8) is 0 Å². The van der Waals surface area contributed by atoms with Gasteiger partial charge in [0, 0.05) is 45.0 Å². The van der Waals surface area contributed by atoms with Crippen molar-refractivity contribution in [2.45, 2.75) is 52.4 Å². The highest BCUT2D eigenvalue weighted by Crippen LogP contribution is 2.62. The lowest BCUT2D eigenvalue weighted by atomic mass is 9.71. The van der Waals surface area contributed by atoms with Crippen LogP contribution in [0.3, 0.4) is 0 Å². The summed E-state index contributed by atoms with van der Waals surface area (Å²) in [5.41, 5.74) is 18.5. The van der Waals surface area contributed by atoms with Crippen LogP contribution in [0.1, 0.15) is 61.1 Å². The molecule has 54 heavy (non-hydrogen) atoms. The Morgan fingerprint density at radius 1 is 0.389 bits per heavy atom. The summed E-state index contributed by atoms with van der Waals surface area (Å²) in [6, 6.07) is 47.8. The van der Waals surface area contributed by atoms with Crippen LogP contribution in [-0.2, 0) is 10.8 Å². The molecule has 0 saturated heterocycles. The fraction of sp³-hybridized carbons (Fsp3) is 0.160. The molecule has 0 N–H and O–H groups in total. The second kappa shape index (κ2) is 12.3. The quantitative estimate of drug-likeness (QED) is 0.170. The molecule has 0 aromatic heterocycles. The Hall–Kier alpha value is -6.00. The minimum absolute atomic E-state index is 0.254. The summed E-state index contributed by atoms with van der Waals surface area (Å²) in [4.78, 5) is 4.42. The fourth-order valence-electron chi connectivity index (χ4n) is 9.23. The van der Waals surface area contributed by atoms with E-state index in [4.69, 9.17) is 0 Å². The average molecular weight is 709 g/mol. The van der Waals surface area contributed by atoms with Crippen LogP contribution in [0, 0.1) is 25.5 Å². The number of rotatable bonds is 6. The van der Waals surface area contributed by atoms with Crippen molar-refractivity contribution >= 4 is 34.1 Å². The molecule has 0 saturated carbocycles. The molecule has 0 heterocycles. The normalized spacial score (nSPS) is 14.2. The predicted octanol–water partition coefficient (Wildman–Crippen LogP) is 14.1. The molecule has 0 atom stereocenters. The fourth-order valence-corrected chi connectivity index (χ4v) is 9.23. The molecule has 0 radical (unpaired) electrons. The van der Waals surface area contributed by atoms with Crippen molar-refractivity contribution < 1.29 is 8.78 Å². The molecule has 2 nitrogen and oxygen atoms in total. The third-order valence-electron chi connectivity index (χ3n) is 11.9. The van der Waals surface area contributed by atoms with Crippen molar-refractivity contribution in [2.24, 2.45) is 0 Å². The summed E-state index contributed by atoms with van der Waals surface area (Å²) in [6.45, 7) is 14.1. The Bertz CT molecular complexity index is 2390. The lowest BCUT2D eigenvalue weighted by Crippen LogP contribution is -2.25. The SMILES string of the molecule is Cc1c(C)c2c(c3c1-c1ccc(N(c4ccccc4)c4ccc(F)cc4)cc1C3(C)C)C(C)(C)c1cc(N(c3ccccc3)c3ccc(F)cc3)ccc1-2. The summed E-state index contributed by atoms with van der Waals surface area (Å²) in [5, 5.41) is 0. The number of anilines is 6. The third kappa shape index (κ3) is 5.04.